The molecule has 138 valence electrons. The van der Waals surface area contributed by atoms with Gasteiger partial charge in [0.2, 0.25) is 10.0 Å². The number of hydrogen-bond acceptors (Lipinski definition) is 3. The van der Waals surface area contributed by atoms with E-state index in [9.17, 15) is 21.6 Å². The van der Waals surface area contributed by atoms with Gasteiger partial charge in [-0.25, -0.2) is 8.42 Å². The zero-order valence-corrected chi connectivity index (χ0v) is 14.4. The van der Waals surface area contributed by atoms with E-state index in [1.807, 2.05) is 0 Å². The number of benzene rings is 1. The lowest BCUT2D eigenvalue weighted by molar-refractivity contribution is -0.137. The lowest BCUT2D eigenvalue weighted by Gasteiger charge is -2.33. The van der Waals surface area contributed by atoms with Crippen LogP contribution < -0.4 is 4.74 Å². The molecular weight excluding hydrogens is 355 g/mol. The summed E-state index contributed by atoms with van der Waals surface area (Å²) < 4.78 is 70.4. The molecule has 4 nitrogen and oxygen atoms in total. The molecule has 0 radical (unpaired) electrons. The smallest absolute Gasteiger partial charge is 0.416 e. The molecule has 1 saturated carbocycles. The Hall–Kier alpha value is -1.54. The molecule has 0 amide bonds. The number of hydrogen-bond donors (Lipinski definition) is 0. The van der Waals surface area contributed by atoms with E-state index < -0.39 is 21.8 Å². The molecule has 3 atom stereocenters. The van der Waals surface area contributed by atoms with Crippen LogP contribution in [0.5, 0.6) is 5.75 Å². The molecule has 1 aromatic carbocycles. The highest BCUT2D eigenvalue weighted by molar-refractivity contribution is 7.89. The van der Waals surface area contributed by atoms with E-state index in [2.05, 4.69) is 6.58 Å². The summed E-state index contributed by atoms with van der Waals surface area (Å²) in [4.78, 5) is 0. The quantitative estimate of drug-likeness (QED) is 0.716. The molecule has 3 rings (SSSR count). The molecule has 1 heterocycles. The van der Waals surface area contributed by atoms with Crippen molar-refractivity contribution in [1.29, 1.82) is 0 Å². The van der Waals surface area contributed by atoms with Gasteiger partial charge in [0.25, 0.3) is 0 Å². The second-order valence-corrected chi connectivity index (χ2v) is 8.45. The second kappa shape index (κ2) is 6.64. The topological polar surface area (TPSA) is 46.6 Å². The minimum Gasteiger partial charge on any atom is -0.492 e. The van der Waals surface area contributed by atoms with Gasteiger partial charge >= 0.3 is 6.18 Å². The van der Waals surface area contributed by atoms with Crippen molar-refractivity contribution in [3.05, 3.63) is 42.5 Å². The monoisotopic (exact) mass is 375 g/mol. The van der Waals surface area contributed by atoms with Crippen LogP contribution in [0, 0.1) is 5.92 Å². The number of rotatable bonds is 6. The van der Waals surface area contributed by atoms with Crippen LogP contribution in [0.1, 0.15) is 24.8 Å². The summed E-state index contributed by atoms with van der Waals surface area (Å²) in [6.45, 7) is 3.54. The third kappa shape index (κ3) is 3.69. The van der Waals surface area contributed by atoms with Gasteiger partial charge in [-0.15, -0.1) is 6.58 Å². The maximum Gasteiger partial charge on any atom is 0.416 e. The first-order valence-electron chi connectivity index (χ1n) is 8.14. The molecule has 2 aliphatic rings. The molecule has 1 saturated heterocycles. The third-order valence-corrected chi connectivity index (χ3v) is 6.78. The molecule has 0 N–H and O–H groups in total. The Morgan fingerprint density at radius 2 is 2.08 bits per heavy atom. The molecule has 0 aromatic heterocycles. The number of nitrogens with zero attached hydrogens (tertiary/aromatic N) is 1. The van der Waals surface area contributed by atoms with Crippen LogP contribution in [-0.2, 0) is 16.2 Å². The Kier molecular flexibility index (Phi) is 4.85. The van der Waals surface area contributed by atoms with Crippen molar-refractivity contribution < 1.29 is 26.3 Å². The molecule has 2 bridgehead atoms. The fraction of sp³-hybridized carbons (Fsp3) is 0.529. The van der Waals surface area contributed by atoms with Crippen molar-refractivity contribution in [2.24, 2.45) is 5.92 Å². The second-order valence-electron chi connectivity index (χ2n) is 6.53. The van der Waals surface area contributed by atoms with E-state index in [1.54, 1.807) is 0 Å². The Balaban J connectivity index is 1.75. The normalized spacial score (nSPS) is 26.8. The molecular formula is C17H20F3NO3S. The molecule has 1 aromatic rings. The van der Waals surface area contributed by atoms with Gasteiger partial charge in [-0.3, -0.25) is 0 Å². The summed E-state index contributed by atoms with van der Waals surface area (Å²) >= 11 is 0. The number of halogens is 3. The van der Waals surface area contributed by atoms with Crippen molar-refractivity contribution in [3.63, 3.8) is 0 Å². The fourth-order valence-electron chi connectivity index (χ4n) is 3.87. The average Bonchev–Trinajstić information content (AvgIpc) is 3.13. The maximum absolute atomic E-state index is 12.8. The summed E-state index contributed by atoms with van der Waals surface area (Å²) in [6.07, 6.45) is -0.563. The first-order valence-corrected chi connectivity index (χ1v) is 9.75. The highest BCUT2D eigenvalue weighted by Gasteiger charge is 2.50. The molecule has 0 spiro atoms. The zero-order valence-electron chi connectivity index (χ0n) is 13.6. The summed E-state index contributed by atoms with van der Waals surface area (Å²) in [5.74, 6) is 0.144. The Bertz CT molecular complexity index is 748. The number of sulfonamides is 1. The third-order valence-electron chi connectivity index (χ3n) is 4.91. The van der Waals surface area contributed by atoms with E-state index in [0.717, 1.165) is 31.4 Å². The predicted octanol–water partition coefficient (Wildman–Crippen LogP) is 3.45. The highest BCUT2D eigenvalue weighted by Crippen LogP contribution is 2.44. The number of fused-ring (bicyclic) bond motifs is 2. The highest BCUT2D eigenvalue weighted by atomic mass is 32.2. The summed E-state index contributed by atoms with van der Waals surface area (Å²) in [5, 5.41) is 0. The lowest BCUT2D eigenvalue weighted by atomic mass is 10.0. The van der Waals surface area contributed by atoms with Gasteiger partial charge in [0.1, 0.15) is 12.4 Å². The van der Waals surface area contributed by atoms with Crippen molar-refractivity contribution in [2.75, 3.05) is 12.4 Å². The molecule has 25 heavy (non-hydrogen) atoms. The van der Waals surface area contributed by atoms with Crippen LogP contribution >= 0.6 is 0 Å². The Morgan fingerprint density at radius 1 is 1.32 bits per heavy atom. The van der Waals surface area contributed by atoms with E-state index in [4.69, 9.17) is 4.74 Å². The van der Waals surface area contributed by atoms with Crippen LogP contribution in [0.3, 0.4) is 0 Å². The molecule has 2 fully saturated rings. The van der Waals surface area contributed by atoms with Gasteiger partial charge in [0, 0.05) is 6.04 Å². The largest absolute Gasteiger partial charge is 0.492 e. The van der Waals surface area contributed by atoms with Gasteiger partial charge < -0.3 is 4.74 Å². The minimum atomic E-state index is -4.44. The van der Waals surface area contributed by atoms with E-state index in [0.29, 0.717) is 0 Å². The SMILES string of the molecule is C=CCS(=O)(=O)N1[C@H]2CC[C@@H](C2)[C@H]1COc1cccc(C(F)(F)F)c1. The van der Waals surface area contributed by atoms with Crippen molar-refractivity contribution in [1.82, 2.24) is 4.31 Å². The summed E-state index contributed by atoms with van der Waals surface area (Å²) in [7, 11) is -3.47. The molecule has 8 heteroatoms. The fourth-order valence-corrected chi connectivity index (χ4v) is 5.63. The van der Waals surface area contributed by atoms with E-state index in [1.165, 1.54) is 22.5 Å². The first-order chi connectivity index (χ1) is 11.7. The van der Waals surface area contributed by atoms with Crippen molar-refractivity contribution >= 4 is 10.0 Å². The molecule has 0 unspecified atom stereocenters. The van der Waals surface area contributed by atoms with Crippen LogP contribution in [-0.4, -0.2) is 37.2 Å². The number of piperidine rings is 1. The van der Waals surface area contributed by atoms with Crippen molar-refractivity contribution in [2.45, 2.75) is 37.5 Å². The zero-order chi connectivity index (χ0) is 18.2. The first kappa shape index (κ1) is 18.3. The van der Waals surface area contributed by atoms with Gasteiger partial charge in [-0.1, -0.05) is 12.1 Å². The van der Waals surface area contributed by atoms with Gasteiger partial charge in [0.15, 0.2) is 0 Å². The Morgan fingerprint density at radius 3 is 2.76 bits per heavy atom. The number of alkyl halides is 3. The van der Waals surface area contributed by atoms with E-state index >= 15 is 0 Å². The predicted molar refractivity (Wildman–Crippen MR) is 87.7 cm³/mol. The van der Waals surface area contributed by atoms with Crippen LogP contribution in [0.15, 0.2) is 36.9 Å². The van der Waals surface area contributed by atoms with Crippen molar-refractivity contribution in [3.8, 4) is 5.75 Å². The van der Waals surface area contributed by atoms with Gasteiger partial charge in [0.05, 0.1) is 17.4 Å². The van der Waals surface area contributed by atoms with Gasteiger partial charge in [-0.05, 0) is 43.4 Å². The standard InChI is InChI=1S/C17H20F3NO3S/c1-2-8-25(22,23)21-14-7-6-12(9-14)16(21)11-24-15-5-3-4-13(10-15)17(18,19)20/h2-5,10,12,14,16H,1,6-9,11H2/t12-,14-,16+/m0/s1. The van der Waals surface area contributed by atoms with Crippen LogP contribution in [0.25, 0.3) is 0 Å². The number of ether oxygens (including phenoxy) is 1. The Labute approximate surface area is 145 Å². The summed E-state index contributed by atoms with van der Waals surface area (Å²) in [5.41, 5.74) is -0.783. The van der Waals surface area contributed by atoms with Crippen LogP contribution in [0.2, 0.25) is 0 Å². The maximum atomic E-state index is 12.8. The molecule has 1 aliphatic carbocycles. The van der Waals surface area contributed by atoms with Gasteiger partial charge in [-0.2, -0.15) is 17.5 Å². The van der Waals surface area contributed by atoms with Crippen LogP contribution in [0.4, 0.5) is 13.2 Å². The lowest BCUT2D eigenvalue weighted by Crippen LogP contribution is -2.48. The molecule has 1 aliphatic heterocycles. The average molecular weight is 375 g/mol. The van der Waals surface area contributed by atoms with E-state index in [-0.39, 0.29) is 36.1 Å². The minimum absolute atomic E-state index is 0.0370. The summed E-state index contributed by atoms with van der Waals surface area (Å²) in [6, 6.07) is 4.28.